The van der Waals surface area contributed by atoms with E-state index in [9.17, 15) is 0 Å². The molecule has 0 aliphatic heterocycles. The lowest BCUT2D eigenvalue weighted by atomic mass is 10.2. The standard InChI is InChI=1S/C9H11N5O/c1-5-7(6-3-2-4-15-6)12-9(10)13-8(5)14-11/h2-4H,11H2,1H3,(H3,10,12,13,14). The third-order valence-corrected chi connectivity index (χ3v) is 2.05. The maximum Gasteiger partial charge on any atom is 0.222 e. The van der Waals surface area contributed by atoms with Crippen molar-refractivity contribution in [2.45, 2.75) is 6.92 Å². The van der Waals surface area contributed by atoms with Crippen molar-refractivity contribution < 1.29 is 4.42 Å². The molecule has 0 spiro atoms. The van der Waals surface area contributed by atoms with E-state index in [2.05, 4.69) is 15.4 Å². The van der Waals surface area contributed by atoms with E-state index in [4.69, 9.17) is 16.0 Å². The molecule has 0 aromatic carbocycles. The monoisotopic (exact) mass is 205 g/mol. The van der Waals surface area contributed by atoms with Crippen LogP contribution in [0.3, 0.4) is 0 Å². The van der Waals surface area contributed by atoms with Gasteiger partial charge in [0.25, 0.3) is 0 Å². The van der Waals surface area contributed by atoms with Crippen LogP contribution in [0.5, 0.6) is 0 Å². The second kappa shape index (κ2) is 3.58. The Balaban J connectivity index is 2.61. The number of rotatable bonds is 2. The average molecular weight is 205 g/mol. The van der Waals surface area contributed by atoms with Crippen LogP contribution in [0.15, 0.2) is 22.8 Å². The third kappa shape index (κ3) is 1.62. The molecule has 0 atom stereocenters. The van der Waals surface area contributed by atoms with Crippen molar-refractivity contribution in [2.75, 3.05) is 11.2 Å². The van der Waals surface area contributed by atoms with Gasteiger partial charge in [0, 0.05) is 5.56 Å². The molecule has 0 fully saturated rings. The molecule has 2 aromatic heterocycles. The number of hydrogen-bond acceptors (Lipinski definition) is 6. The first kappa shape index (κ1) is 9.47. The second-order valence-corrected chi connectivity index (χ2v) is 3.03. The van der Waals surface area contributed by atoms with Crippen molar-refractivity contribution in [1.82, 2.24) is 9.97 Å². The van der Waals surface area contributed by atoms with Crippen LogP contribution in [-0.2, 0) is 0 Å². The highest BCUT2D eigenvalue weighted by Crippen LogP contribution is 2.25. The molecule has 0 amide bonds. The number of anilines is 2. The van der Waals surface area contributed by atoms with E-state index in [1.165, 1.54) is 0 Å². The molecular formula is C9H11N5O. The maximum atomic E-state index is 5.55. The van der Waals surface area contributed by atoms with Gasteiger partial charge in [-0.15, -0.1) is 0 Å². The summed E-state index contributed by atoms with van der Waals surface area (Å²) in [5.74, 6) is 6.60. The number of hydrazine groups is 1. The Morgan fingerprint density at radius 2 is 2.20 bits per heavy atom. The number of nitrogen functional groups attached to an aromatic ring is 2. The first-order valence-corrected chi connectivity index (χ1v) is 4.37. The summed E-state index contributed by atoms with van der Waals surface area (Å²) in [7, 11) is 0. The van der Waals surface area contributed by atoms with Crippen LogP contribution in [0.25, 0.3) is 11.5 Å². The van der Waals surface area contributed by atoms with Crippen LogP contribution < -0.4 is 17.0 Å². The van der Waals surface area contributed by atoms with E-state index in [0.29, 0.717) is 17.3 Å². The summed E-state index contributed by atoms with van der Waals surface area (Å²) in [5, 5.41) is 0. The first-order valence-electron chi connectivity index (χ1n) is 4.37. The fraction of sp³-hybridized carbons (Fsp3) is 0.111. The summed E-state index contributed by atoms with van der Waals surface area (Å²) in [4.78, 5) is 8.05. The molecule has 5 N–H and O–H groups in total. The van der Waals surface area contributed by atoms with Crippen LogP contribution in [0.4, 0.5) is 11.8 Å². The SMILES string of the molecule is Cc1c(NN)nc(N)nc1-c1ccco1. The van der Waals surface area contributed by atoms with Gasteiger partial charge in [0.1, 0.15) is 11.5 Å². The van der Waals surface area contributed by atoms with Gasteiger partial charge in [0.05, 0.1) is 6.26 Å². The molecular weight excluding hydrogens is 194 g/mol. The smallest absolute Gasteiger partial charge is 0.222 e. The number of furan rings is 1. The second-order valence-electron chi connectivity index (χ2n) is 3.03. The highest BCUT2D eigenvalue weighted by Gasteiger charge is 2.12. The Labute approximate surface area is 86.3 Å². The maximum absolute atomic E-state index is 5.55. The number of nitrogens with one attached hydrogen (secondary N) is 1. The molecule has 2 heterocycles. The summed E-state index contributed by atoms with van der Waals surface area (Å²) in [6.07, 6.45) is 1.57. The third-order valence-electron chi connectivity index (χ3n) is 2.05. The lowest BCUT2D eigenvalue weighted by molar-refractivity contribution is 0.579. The predicted molar refractivity (Wildman–Crippen MR) is 56.7 cm³/mol. The Bertz CT molecular complexity index is 466. The van der Waals surface area contributed by atoms with E-state index < -0.39 is 0 Å². The van der Waals surface area contributed by atoms with Gasteiger partial charge in [-0.1, -0.05) is 0 Å². The molecule has 15 heavy (non-hydrogen) atoms. The lowest BCUT2D eigenvalue weighted by Gasteiger charge is -2.07. The van der Waals surface area contributed by atoms with Crippen molar-refractivity contribution in [3.8, 4) is 11.5 Å². The molecule has 6 nitrogen and oxygen atoms in total. The van der Waals surface area contributed by atoms with Gasteiger partial charge in [0.2, 0.25) is 5.95 Å². The minimum Gasteiger partial charge on any atom is -0.463 e. The number of hydrogen-bond donors (Lipinski definition) is 3. The molecule has 2 aromatic rings. The Morgan fingerprint density at radius 1 is 1.40 bits per heavy atom. The molecule has 78 valence electrons. The van der Waals surface area contributed by atoms with E-state index in [1.807, 2.05) is 6.92 Å². The quantitative estimate of drug-likeness (QED) is 0.497. The van der Waals surface area contributed by atoms with Crippen LogP contribution in [0, 0.1) is 6.92 Å². The minimum absolute atomic E-state index is 0.153. The molecule has 0 bridgehead atoms. The summed E-state index contributed by atoms with van der Waals surface area (Å²) < 4.78 is 5.24. The van der Waals surface area contributed by atoms with Gasteiger partial charge in [-0.2, -0.15) is 4.98 Å². The highest BCUT2D eigenvalue weighted by molar-refractivity contribution is 5.65. The van der Waals surface area contributed by atoms with E-state index in [-0.39, 0.29) is 5.95 Å². The molecule has 0 radical (unpaired) electrons. The summed E-state index contributed by atoms with van der Waals surface area (Å²) >= 11 is 0. The molecule has 0 saturated heterocycles. The van der Waals surface area contributed by atoms with Gasteiger partial charge in [-0.3, -0.25) is 0 Å². The van der Waals surface area contributed by atoms with Crippen molar-refractivity contribution in [3.05, 3.63) is 24.0 Å². The summed E-state index contributed by atoms with van der Waals surface area (Å²) in [5.41, 5.74) is 9.45. The Hall–Kier alpha value is -2.08. The Kier molecular flexibility index (Phi) is 2.26. The van der Waals surface area contributed by atoms with Crippen LogP contribution >= 0.6 is 0 Å². The lowest BCUT2D eigenvalue weighted by Crippen LogP contribution is -2.12. The van der Waals surface area contributed by atoms with E-state index >= 15 is 0 Å². The zero-order valence-corrected chi connectivity index (χ0v) is 8.19. The van der Waals surface area contributed by atoms with E-state index in [0.717, 1.165) is 5.56 Å². The summed E-state index contributed by atoms with van der Waals surface area (Å²) in [6.45, 7) is 1.84. The number of nitrogens with zero attached hydrogens (tertiary/aromatic N) is 2. The predicted octanol–water partition coefficient (Wildman–Crippen LogP) is 0.913. The van der Waals surface area contributed by atoms with Gasteiger partial charge in [-0.25, -0.2) is 10.8 Å². The number of nitrogens with two attached hydrogens (primary N) is 2. The molecule has 0 unspecified atom stereocenters. The van der Waals surface area contributed by atoms with Crippen molar-refractivity contribution >= 4 is 11.8 Å². The molecule has 0 aliphatic carbocycles. The zero-order chi connectivity index (χ0) is 10.8. The van der Waals surface area contributed by atoms with Gasteiger partial charge < -0.3 is 15.6 Å². The van der Waals surface area contributed by atoms with Crippen LogP contribution in [-0.4, -0.2) is 9.97 Å². The molecule has 0 saturated carbocycles. The van der Waals surface area contributed by atoms with E-state index in [1.54, 1.807) is 18.4 Å². The van der Waals surface area contributed by atoms with Gasteiger partial charge in [-0.05, 0) is 19.1 Å². The minimum atomic E-state index is 0.153. The topological polar surface area (TPSA) is 103 Å². The fourth-order valence-electron chi connectivity index (χ4n) is 1.33. The van der Waals surface area contributed by atoms with Crippen molar-refractivity contribution in [1.29, 1.82) is 0 Å². The first-order chi connectivity index (χ1) is 7.22. The van der Waals surface area contributed by atoms with Crippen molar-refractivity contribution in [2.24, 2.45) is 5.84 Å². The van der Waals surface area contributed by atoms with Crippen molar-refractivity contribution in [3.63, 3.8) is 0 Å². The van der Waals surface area contributed by atoms with Gasteiger partial charge in [0.15, 0.2) is 5.76 Å². The molecule has 2 rings (SSSR count). The normalized spacial score (nSPS) is 10.3. The Morgan fingerprint density at radius 3 is 2.80 bits per heavy atom. The largest absolute Gasteiger partial charge is 0.463 e. The van der Waals surface area contributed by atoms with Crippen LogP contribution in [0.1, 0.15) is 5.56 Å². The highest BCUT2D eigenvalue weighted by atomic mass is 16.3. The average Bonchev–Trinajstić information content (AvgIpc) is 2.74. The molecule has 6 heteroatoms. The molecule has 0 aliphatic rings. The zero-order valence-electron chi connectivity index (χ0n) is 8.19. The van der Waals surface area contributed by atoms with Gasteiger partial charge >= 0.3 is 0 Å². The van der Waals surface area contributed by atoms with Crippen LogP contribution in [0.2, 0.25) is 0 Å². The fourth-order valence-corrected chi connectivity index (χ4v) is 1.33. The number of aromatic nitrogens is 2. The summed E-state index contributed by atoms with van der Waals surface area (Å²) in [6, 6.07) is 3.58.